The fourth-order valence-corrected chi connectivity index (χ4v) is 5.45. The third kappa shape index (κ3) is 6.13. The van der Waals surface area contributed by atoms with E-state index < -0.39 is 6.23 Å². The average Bonchev–Trinajstić information content (AvgIpc) is 2.87. The zero-order valence-corrected chi connectivity index (χ0v) is 24.0. The summed E-state index contributed by atoms with van der Waals surface area (Å²) in [6.45, 7) is 8.96. The van der Waals surface area contributed by atoms with Gasteiger partial charge in [-0.25, -0.2) is 4.98 Å². The van der Waals surface area contributed by atoms with Crippen molar-refractivity contribution < 1.29 is 9.90 Å². The van der Waals surface area contributed by atoms with Gasteiger partial charge in [-0.1, -0.05) is 56.6 Å². The molecule has 3 atom stereocenters. The van der Waals surface area contributed by atoms with E-state index in [0.717, 1.165) is 35.3 Å². The molecule has 0 spiro atoms. The van der Waals surface area contributed by atoms with E-state index in [2.05, 4.69) is 67.5 Å². The van der Waals surface area contributed by atoms with Crippen LogP contribution in [-0.4, -0.2) is 47.8 Å². The third-order valence-corrected chi connectivity index (χ3v) is 7.59. The van der Waals surface area contributed by atoms with Gasteiger partial charge in [0.25, 0.3) is 5.91 Å². The van der Waals surface area contributed by atoms with Crippen LogP contribution in [0.2, 0.25) is 5.02 Å². The molecule has 2 aromatic carbocycles. The van der Waals surface area contributed by atoms with Gasteiger partial charge in [-0.2, -0.15) is 0 Å². The van der Waals surface area contributed by atoms with E-state index in [1.807, 2.05) is 43.0 Å². The first-order valence-electron chi connectivity index (χ1n) is 13.2. The van der Waals surface area contributed by atoms with Gasteiger partial charge in [-0.15, -0.1) is 0 Å². The van der Waals surface area contributed by atoms with Crippen molar-refractivity contribution in [3.63, 3.8) is 0 Å². The van der Waals surface area contributed by atoms with Gasteiger partial charge in [0.1, 0.15) is 11.9 Å². The molecule has 0 aliphatic carbocycles. The lowest BCUT2D eigenvalue weighted by molar-refractivity contribution is 0.0157. The Hall–Kier alpha value is -3.09. The first kappa shape index (κ1) is 27.9. The number of anilines is 2. The molecule has 1 aliphatic rings. The molecular weight excluding hydrogens is 496 g/mol. The van der Waals surface area contributed by atoms with E-state index in [9.17, 15) is 9.90 Å². The molecule has 2 N–H and O–H groups in total. The monoisotopic (exact) mass is 534 g/mol. The number of carbonyl (C=O) groups is 1. The maximum absolute atomic E-state index is 13.9. The van der Waals surface area contributed by atoms with Crippen molar-refractivity contribution in [1.82, 2.24) is 9.88 Å². The number of aliphatic hydroxyl groups excluding tert-OH is 1. The normalized spacial score (nSPS) is 18.7. The summed E-state index contributed by atoms with van der Waals surface area (Å²) in [6, 6.07) is 17.9. The number of nitrogens with one attached hydrogen (secondary N) is 1. The van der Waals surface area contributed by atoms with E-state index in [4.69, 9.17) is 11.6 Å². The zero-order chi connectivity index (χ0) is 27.6. The Labute approximate surface area is 231 Å². The molecular formula is C31H39ClN4O2. The predicted octanol–water partition coefficient (Wildman–Crippen LogP) is 6.43. The van der Waals surface area contributed by atoms with Crippen LogP contribution in [0.4, 0.5) is 11.4 Å². The molecule has 1 fully saturated rings. The fraction of sp³-hybridized carbons (Fsp3) is 0.419. The van der Waals surface area contributed by atoms with Gasteiger partial charge in [0, 0.05) is 44.1 Å². The minimum absolute atomic E-state index is 0.00312. The van der Waals surface area contributed by atoms with Gasteiger partial charge in [0.05, 0.1) is 11.1 Å². The molecule has 3 aromatic rings. The Balaban J connectivity index is 1.70. The van der Waals surface area contributed by atoms with Gasteiger partial charge >= 0.3 is 0 Å². The first-order valence-corrected chi connectivity index (χ1v) is 13.6. The van der Waals surface area contributed by atoms with Crippen molar-refractivity contribution in [2.24, 2.45) is 5.92 Å². The second kappa shape index (κ2) is 11.3. The highest BCUT2D eigenvalue weighted by Gasteiger charge is 2.40. The minimum Gasteiger partial charge on any atom is -0.378 e. The number of hydrogen-bond donors (Lipinski definition) is 2. The average molecular weight is 535 g/mol. The van der Waals surface area contributed by atoms with Crippen molar-refractivity contribution in [2.75, 3.05) is 30.9 Å². The van der Waals surface area contributed by atoms with Gasteiger partial charge in [-0.05, 0) is 72.2 Å². The van der Waals surface area contributed by atoms with E-state index in [-0.39, 0.29) is 23.3 Å². The number of amides is 1. The summed E-state index contributed by atoms with van der Waals surface area (Å²) in [6.07, 6.45) is 2.24. The van der Waals surface area contributed by atoms with Gasteiger partial charge < -0.3 is 20.2 Å². The fourth-order valence-electron chi connectivity index (χ4n) is 5.23. The number of nitrogens with zero attached hydrogens (tertiary/aromatic N) is 3. The molecule has 2 heterocycles. The minimum atomic E-state index is -0.849. The molecule has 7 heteroatoms. The van der Waals surface area contributed by atoms with Gasteiger partial charge in [0.2, 0.25) is 0 Å². The Bertz CT molecular complexity index is 1270. The molecule has 1 amide bonds. The van der Waals surface area contributed by atoms with Crippen LogP contribution in [0.1, 0.15) is 66.8 Å². The maximum atomic E-state index is 13.9. The van der Waals surface area contributed by atoms with E-state index in [1.165, 1.54) is 11.8 Å². The van der Waals surface area contributed by atoms with Gasteiger partial charge in [-0.3, -0.25) is 4.79 Å². The molecule has 0 unspecified atom stereocenters. The topological polar surface area (TPSA) is 68.7 Å². The van der Waals surface area contributed by atoms with Crippen molar-refractivity contribution in [1.29, 1.82) is 0 Å². The summed E-state index contributed by atoms with van der Waals surface area (Å²) < 4.78 is 0. The molecule has 202 valence electrons. The van der Waals surface area contributed by atoms with Crippen molar-refractivity contribution in [2.45, 2.75) is 58.2 Å². The van der Waals surface area contributed by atoms with Crippen molar-refractivity contribution in [3.05, 3.63) is 88.2 Å². The van der Waals surface area contributed by atoms with Crippen LogP contribution >= 0.6 is 11.6 Å². The highest BCUT2D eigenvalue weighted by atomic mass is 35.5. The second-order valence-electron chi connectivity index (χ2n) is 11.5. The summed E-state index contributed by atoms with van der Waals surface area (Å²) >= 11 is 6.12. The molecule has 1 aromatic heterocycles. The number of benzene rings is 2. The Morgan fingerprint density at radius 2 is 1.87 bits per heavy atom. The van der Waals surface area contributed by atoms with E-state index in [1.54, 1.807) is 6.07 Å². The summed E-state index contributed by atoms with van der Waals surface area (Å²) in [7, 11) is 4.01. The number of likely N-dealkylation sites (tertiary alicyclic amines) is 1. The number of piperidine rings is 1. The van der Waals surface area contributed by atoms with Crippen LogP contribution in [0.5, 0.6) is 0 Å². The van der Waals surface area contributed by atoms with Crippen LogP contribution < -0.4 is 10.2 Å². The number of aryl methyl sites for hydroxylation is 1. The quantitative estimate of drug-likeness (QED) is 0.357. The third-order valence-electron chi connectivity index (χ3n) is 7.39. The Morgan fingerprint density at radius 3 is 2.50 bits per heavy atom. The molecule has 0 saturated carbocycles. The van der Waals surface area contributed by atoms with Crippen molar-refractivity contribution >= 4 is 28.9 Å². The summed E-state index contributed by atoms with van der Waals surface area (Å²) in [5.74, 6) is -0.365. The number of carbonyl (C=O) groups excluding carboxylic acids is 1. The largest absolute Gasteiger partial charge is 0.378 e. The lowest BCUT2D eigenvalue weighted by Crippen LogP contribution is -2.48. The lowest BCUT2D eigenvalue weighted by atomic mass is 9.82. The Kier molecular flexibility index (Phi) is 8.34. The number of aliphatic hydroxyl groups is 1. The number of hydrogen-bond acceptors (Lipinski definition) is 5. The highest BCUT2D eigenvalue weighted by Crippen LogP contribution is 2.40. The zero-order valence-electron chi connectivity index (χ0n) is 23.2. The number of rotatable bonds is 6. The molecule has 0 radical (unpaired) electrons. The van der Waals surface area contributed by atoms with Crippen LogP contribution in [0.3, 0.4) is 0 Å². The smallest absolute Gasteiger partial charge is 0.273 e. The molecule has 38 heavy (non-hydrogen) atoms. The van der Waals surface area contributed by atoms with Crippen molar-refractivity contribution in [3.8, 4) is 0 Å². The molecule has 1 aliphatic heterocycles. The van der Waals surface area contributed by atoms with Crippen LogP contribution in [0, 0.1) is 12.8 Å². The van der Waals surface area contributed by atoms with Crippen LogP contribution in [0.15, 0.2) is 60.8 Å². The number of pyridine rings is 1. The Morgan fingerprint density at radius 1 is 1.16 bits per heavy atom. The second-order valence-corrected chi connectivity index (χ2v) is 11.9. The summed E-state index contributed by atoms with van der Waals surface area (Å²) in [5, 5.41) is 15.4. The molecule has 1 saturated heterocycles. The standard InChI is InChI=1S/C31H39ClN4O2/c1-20-17-23(32)19-33-27(20)30(38)36-16-8-11-26(28(36)21-12-14-25(15-13-21)35(5)6)29(37)34-24-10-7-9-22(18-24)31(2,3)4/h7,9-10,12-15,17-19,26,28-29,34,37H,8,11,16H2,1-6H3/t26-,28-,29-/m0/s1. The first-order chi connectivity index (χ1) is 18.0. The summed E-state index contributed by atoms with van der Waals surface area (Å²) in [4.78, 5) is 22.2. The lowest BCUT2D eigenvalue weighted by Gasteiger charge is -2.43. The van der Waals surface area contributed by atoms with E-state index in [0.29, 0.717) is 17.3 Å². The number of aromatic nitrogens is 1. The maximum Gasteiger partial charge on any atom is 0.273 e. The molecule has 6 nitrogen and oxygen atoms in total. The molecule has 4 rings (SSSR count). The predicted molar refractivity (Wildman–Crippen MR) is 156 cm³/mol. The van der Waals surface area contributed by atoms with Crippen LogP contribution in [0.25, 0.3) is 0 Å². The van der Waals surface area contributed by atoms with E-state index >= 15 is 0 Å². The number of halogens is 1. The van der Waals surface area contributed by atoms with Crippen LogP contribution in [-0.2, 0) is 5.41 Å². The molecule has 0 bridgehead atoms. The SMILES string of the molecule is Cc1cc(Cl)cnc1C(=O)N1CCC[C@H]([C@H](O)Nc2cccc(C(C)(C)C)c2)[C@@H]1c1ccc(N(C)C)cc1. The van der Waals surface area contributed by atoms with Gasteiger partial charge in [0.15, 0.2) is 0 Å². The summed E-state index contributed by atoms with van der Waals surface area (Å²) in [5.41, 5.74) is 5.25. The highest BCUT2D eigenvalue weighted by molar-refractivity contribution is 6.30.